The Morgan fingerprint density at radius 3 is 2.71 bits per heavy atom. The lowest BCUT2D eigenvalue weighted by Gasteiger charge is -2.27. The molecule has 4 heterocycles. The van der Waals surface area contributed by atoms with Crippen molar-refractivity contribution < 1.29 is 22.3 Å². The number of benzene rings is 1. The summed E-state index contributed by atoms with van der Waals surface area (Å²) in [6, 6.07) is 9.68. The maximum absolute atomic E-state index is 14.8. The van der Waals surface area contributed by atoms with E-state index in [1.807, 2.05) is 16.8 Å². The molecule has 0 spiro atoms. The SMILES string of the molecule is CN(c1ncccc1Cn1ccc2cnc(Nc3ccc(C(=O)N4CCOCC4)c(F)c3)nc21)S(C)(=O)=O. The van der Waals surface area contributed by atoms with Crippen molar-refractivity contribution in [3.05, 3.63) is 71.9 Å². The van der Waals surface area contributed by atoms with Crippen molar-refractivity contribution in [3.63, 3.8) is 0 Å². The van der Waals surface area contributed by atoms with Gasteiger partial charge in [-0.15, -0.1) is 0 Å². The zero-order valence-electron chi connectivity index (χ0n) is 20.8. The Morgan fingerprint density at radius 1 is 1.18 bits per heavy atom. The third-order valence-electron chi connectivity index (χ3n) is 6.26. The number of anilines is 3. The molecular weight excluding hydrogens is 513 g/mol. The molecule has 1 aliphatic rings. The lowest BCUT2D eigenvalue weighted by atomic mass is 10.1. The van der Waals surface area contributed by atoms with Crippen LogP contribution in [0.25, 0.3) is 11.0 Å². The quantitative estimate of drug-likeness (QED) is 0.380. The first-order chi connectivity index (χ1) is 18.2. The molecular formula is C25H26FN7O4S. The lowest BCUT2D eigenvalue weighted by Crippen LogP contribution is -2.41. The minimum Gasteiger partial charge on any atom is -0.378 e. The first-order valence-corrected chi connectivity index (χ1v) is 13.7. The van der Waals surface area contributed by atoms with Gasteiger partial charge in [-0.3, -0.25) is 9.10 Å². The lowest BCUT2D eigenvalue weighted by molar-refractivity contribution is 0.0300. The number of nitrogens with one attached hydrogen (secondary N) is 1. The monoisotopic (exact) mass is 539 g/mol. The second kappa shape index (κ2) is 10.3. The van der Waals surface area contributed by atoms with Crippen molar-refractivity contribution in [1.29, 1.82) is 0 Å². The van der Waals surface area contributed by atoms with Crippen LogP contribution in [-0.4, -0.2) is 78.4 Å². The third-order valence-corrected chi connectivity index (χ3v) is 7.43. The molecule has 3 aromatic heterocycles. The molecule has 1 aliphatic heterocycles. The van der Waals surface area contributed by atoms with Gasteiger partial charge in [-0.25, -0.2) is 22.8 Å². The summed E-state index contributed by atoms with van der Waals surface area (Å²) in [5.41, 5.74) is 1.67. The van der Waals surface area contributed by atoms with Crippen LogP contribution in [0.1, 0.15) is 15.9 Å². The number of carbonyl (C=O) groups excluding carboxylic acids is 1. The second-order valence-electron chi connectivity index (χ2n) is 8.86. The number of carbonyl (C=O) groups is 1. The van der Waals surface area contributed by atoms with E-state index in [1.54, 1.807) is 29.3 Å². The molecule has 0 aliphatic carbocycles. The third kappa shape index (κ3) is 5.29. The largest absolute Gasteiger partial charge is 0.378 e. The Morgan fingerprint density at radius 2 is 1.97 bits per heavy atom. The van der Waals surface area contributed by atoms with E-state index < -0.39 is 15.8 Å². The van der Waals surface area contributed by atoms with Crippen LogP contribution in [0.2, 0.25) is 0 Å². The van der Waals surface area contributed by atoms with E-state index in [4.69, 9.17) is 4.74 Å². The predicted molar refractivity (Wildman–Crippen MR) is 141 cm³/mol. The first-order valence-electron chi connectivity index (χ1n) is 11.8. The summed E-state index contributed by atoms with van der Waals surface area (Å²) in [6.07, 6.45) is 6.12. The van der Waals surface area contributed by atoms with E-state index in [9.17, 15) is 17.6 Å². The Balaban J connectivity index is 1.38. The summed E-state index contributed by atoms with van der Waals surface area (Å²) >= 11 is 0. The molecule has 0 bridgehead atoms. The molecule has 1 fully saturated rings. The average molecular weight is 540 g/mol. The van der Waals surface area contributed by atoms with Crippen LogP contribution < -0.4 is 9.62 Å². The standard InChI is InChI=1S/C25H26FN7O4S/c1-31(38(2,35)36)22-18(4-3-8-27-22)16-33-9-7-17-15-28-25(30-23(17)33)29-19-5-6-20(21(26)14-19)24(34)32-10-12-37-13-11-32/h3-9,14-15H,10-13,16H2,1-2H3,(H,28,29,30). The molecule has 1 aromatic carbocycles. The fourth-order valence-corrected chi connectivity index (χ4v) is 4.65. The second-order valence-corrected chi connectivity index (χ2v) is 10.9. The highest BCUT2D eigenvalue weighted by Gasteiger charge is 2.22. The fourth-order valence-electron chi connectivity index (χ4n) is 4.17. The zero-order valence-corrected chi connectivity index (χ0v) is 21.7. The molecule has 0 radical (unpaired) electrons. The molecule has 5 rings (SSSR count). The van der Waals surface area contributed by atoms with Gasteiger partial charge >= 0.3 is 0 Å². The van der Waals surface area contributed by atoms with Crippen LogP contribution in [0.5, 0.6) is 0 Å². The van der Waals surface area contributed by atoms with Crippen molar-refractivity contribution in [2.75, 3.05) is 49.2 Å². The van der Waals surface area contributed by atoms with Gasteiger partial charge in [0.25, 0.3) is 5.91 Å². The van der Waals surface area contributed by atoms with E-state index in [1.165, 1.54) is 25.4 Å². The zero-order chi connectivity index (χ0) is 26.9. The summed E-state index contributed by atoms with van der Waals surface area (Å²) in [4.78, 5) is 27.4. The number of ether oxygens (including phenoxy) is 1. The Labute approximate surface area is 218 Å². The van der Waals surface area contributed by atoms with Gasteiger partial charge in [0, 0.05) is 55.4 Å². The minimum absolute atomic E-state index is 0.00552. The summed E-state index contributed by atoms with van der Waals surface area (Å²) in [5.74, 6) is -0.450. The number of hydrogen-bond donors (Lipinski definition) is 1. The molecule has 4 aromatic rings. The van der Waals surface area contributed by atoms with Crippen LogP contribution >= 0.6 is 0 Å². The summed E-state index contributed by atoms with van der Waals surface area (Å²) < 4.78 is 47.2. The molecule has 11 nitrogen and oxygen atoms in total. The maximum atomic E-state index is 14.8. The molecule has 38 heavy (non-hydrogen) atoms. The van der Waals surface area contributed by atoms with E-state index in [0.29, 0.717) is 55.6 Å². The van der Waals surface area contributed by atoms with Crippen LogP contribution in [0, 0.1) is 5.82 Å². The summed E-state index contributed by atoms with van der Waals surface area (Å²) in [6.45, 7) is 2.04. The highest BCUT2D eigenvalue weighted by molar-refractivity contribution is 7.92. The van der Waals surface area contributed by atoms with Gasteiger partial charge in [0.05, 0.1) is 31.6 Å². The number of morpholine rings is 1. The number of aromatic nitrogens is 4. The predicted octanol–water partition coefficient (Wildman–Crippen LogP) is 2.63. The van der Waals surface area contributed by atoms with Gasteiger partial charge in [-0.2, -0.15) is 4.98 Å². The number of pyridine rings is 1. The molecule has 1 N–H and O–H groups in total. The number of rotatable bonds is 7. The van der Waals surface area contributed by atoms with Crippen LogP contribution in [0.4, 0.5) is 21.8 Å². The first kappa shape index (κ1) is 25.5. The van der Waals surface area contributed by atoms with Gasteiger partial charge in [-0.1, -0.05) is 6.07 Å². The van der Waals surface area contributed by atoms with Crippen molar-refractivity contribution in [2.24, 2.45) is 0 Å². The highest BCUT2D eigenvalue weighted by Crippen LogP contribution is 2.24. The van der Waals surface area contributed by atoms with E-state index in [0.717, 1.165) is 15.9 Å². The molecule has 0 atom stereocenters. The van der Waals surface area contributed by atoms with E-state index >= 15 is 0 Å². The normalized spacial score (nSPS) is 14.0. The smallest absolute Gasteiger partial charge is 0.256 e. The maximum Gasteiger partial charge on any atom is 0.256 e. The molecule has 198 valence electrons. The fraction of sp³-hybridized carbons (Fsp3) is 0.280. The van der Waals surface area contributed by atoms with Crippen molar-refractivity contribution in [2.45, 2.75) is 6.54 Å². The Kier molecular flexibility index (Phi) is 6.95. The summed E-state index contributed by atoms with van der Waals surface area (Å²) in [7, 11) is -2.04. The number of fused-ring (bicyclic) bond motifs is 1. The van der Waals surface area contributed by atoms with Gasteiger partial charge < -0.3 is 19.5 Å². The van der Waals surface area contributed by atoms with Crippen molar-refractivity contribution >= 4 is 44.4 Å². The minimum atomic E-state index is -3.49. The molecule has 13 heteroatoms. The van der Waals surface area contributed by atoms with Gasteiger partial charge in [0.15, 0.2) is 0 Å². The van der Waals surface area contributed by atoms with Gasteiger partial charge in [0.1, 0.15) is 17.3 Å². The van der Waals surface area contributed by atoms with Crippen LogP contribution in [-0.2, 0) is 21.3 Å². The highest BCUT2D eigenvalue weighted by atomic mass is 32.2. The number of amides is 1. The summed E-state index contributed by atoms with van der Waals surface area (Å²) in [5, 5.41) is 3.77. The Bertz CT molecular complexity index is 1600. The molecule has 1 saturated heterocycles. The molecule has 0 unspecified atom stereocenters. The van der Waals surface area contributed by atoms with Gasteiger partial charge in [0.2, 0.25) is 16.0 Å². The number of nitrogens with zero attached hydrogens (tertiary/aromatic N) is 6. The van der Waals surface area contributed by atoms with Crippen molar-refractivity contribution in [1.82, 2.24) is 24.4 Å². The molecule has 0 saturated carbocycles. The Hall–Kier alpha value is -4.10. The topological polar surface area (TPSA) is 123 Å². The number of hydrogen-bond acceptors (Lipinski definition) is 8. The van der Waals surface area contributed by atoms with E-state index in [2.05, 4.69) is 20.3 Å². The molecule has 1 amide bonds. The number of halogens is 1. The average Bonchev–Trinajstić information content (AvgIpc) is 3.30. The van der Waals surface area contributed by atoms with Gasteiger partial charge in [-0.05, 0) is 30.3 Å². The van der Waals surface area contributed by atoms with Crippen molar-refractivity contribution in [3.8, 4) is 0 Å². The number of sulfonamides is 1. The van der Waals surface area contributed by atoms with E-state index in [-0.39, 0.29) is 17.4 Å². The van der Waals surface area contributed by atoms with Crippen LogP contribution in [0.15, 0.2) is 55.0 Å². The van der Waals surface area contributed by atoms with Crippen LogP contribution in [0.3, 0.4) is 0 Å².